The molecule has 2 fully saturated rings. The molecule has 0 unspecified atom stereocenters. The van der Waals surface area contributed by atoms with E-state index in [1.807, 2.05) is 0 Å². The van der Waals surface area contributed by atoms with Crippen LogP contribution in [0.5, 0.6) is 5.75 Å². The van der Waals surface area contributed by atoms with E-state index >= 15 is 0 Å². The number of amides is 1. The van der Waals surface area contributed by atoms with Crippen LogP contribution in [-0.2, 0) is 6.42 Å². The Morgan fingerprint density at radius 3 is 2.51 bits per heavy atom. The molecule has 2 aliphatic heterocycles. The van der Waals surface area contributed by atoms with E-state index < -0.39 is 52.6 Å². The molecule has 1 aromatic heterocycles. The van der Waals surface area contributed by atoms with Crippen LogP contribution in [0.4, 0.5) is 17.6 Å². The van der Waals surface area contributed by atoms with Crippen molar-refractivity contribution in [2.75, 3.05) is 11.6 Å². The van der Waals surface area contributed by atoms with Crippen molar-refractivity contribution in [2.45, 2.75) is 75.9 Å². The van der Waals surface area contributed by atoms with Crippen LogP contribution in [-0.4, -0.2) is 51.0 Å². The Kier molecular flexibility index (Phi) is 6.49. The summed E-state index contributed by atoms with van der Waals surface area (Å²) in [6, 6.07) is 2.56. The first-order valence-corrected chi connectivity index (χ1v) is 12.5. The van der Waals surface area contributed by atoms with Gasteiger partial charge >= 0.3 is 0 Å². The molecule has 0 bridgehead atoms. The molecular weight excluding hydrogens is 494 g/mol. The van der Waals surface area contributed by atoms with Gasteiger partial charge in [-0.15, -0.1) is 0 Å². The molecule has 7 nitrogen and oxygen atoms in total. The minimum Gasteiger partial charge on any atom is -0.502 e. The number of fused-ring (bicyclic) bond motifs is 3. The van der Waals surface area contributed by atoms with Crippen molar-refractivity contribution in [1.82, 2.24) is 9.58 Å². The normalized spacial score (nSPS) is 21.5. The summed E-state index contributed by atoms with van der Waals surface area (Å²) in [6.07, 6.45) is 2.14. The molecule has 1 saturated heterocycles. The highest BCUT2D eigenvalue weighted by molar-refractivity contribution is 6.00. The van der Waals surface area contributed by atoms with Crippen LogP contribution in [0.1, 0.15) is 77.8 Å². The maximum absolute atomic E-state index is 14.0. The molecule has 1 N–H and O–H groups in total. The molecule has 1 amide bonds. The summed E-state index contributed by atoms with van der Waals surface area (Å²) in [5.74, 6) is -6.48. The third-order valence-electron chi connectivity index (χ3n) is 7.66. The van der Waals surface area contributed by atoms with Gasteiger partial charge in [-0.1, -0.05) is 6.07 Å². The standard InChI is InChI=1S/C26H27F4N3O4/c27-16-6-4-15(19(28)13-16)5-7-20(34)18-14-32-22(24(36)23(18)35)25(37)33(21-3-1-2-12-31(21)32)17-8-10-26(29,30)11-9-17/h4,6,13-14,17,21,36H,1-3,5,7-12H2/t21-/m1/s1. The summed E-state index contributed by atoms with van der Waals surface area (Å²) in [6.45, 7) is 0.473. The lowest BCUT2D eigenvalue weighted by molar-refractivity contribution is -0.0582. The fourth-order valence-corrected chi connectivity index (χ4v) is 5.70. The lowest BCUT2D eigenvalue weighted by Gasteiger charge is -2.52. The number of nitrogens with zero attached hydrogens (tertiary/aromatic N) is 3. The van der Waals surface area contributed by atoms with Gasteiger partial charge in [0.25, 0.3) is 5.91 Å². The zero-order valence-corrected chi connectivity index (χ0v) is 20.1. The van der Waals surface area contributed by atoms with Crippen molar-refractivity contribution >= 4 is 11.7 Å². The number of aromatic hydroxyl groups is 1. The second-order valence-corrected chi connectivity index (χ2v) is 10.0. The number of aromatic nitrogens is 1. The number of ketones is 1. The Morgan fingerprint density at radius 2 is 1.81 bits per heavy atom. The van der Waals surface area contributed by atoms with Gasteiger partial charge in [0, 0.05) is 44.1 Å². The number of hydrogen-bond acceptors (Lipinski definition) is 5. The van der Waals surface area contributed by atoms with E-state index in [4.69, 9.17) is 0 Å². The molecule has 0 radical (unpaired) electrons. The average Bonchev–Trinajstić information content (AvgIpc) is 2.86. The van der Waals surface area contributed by atoms with Crippen LogP contribution in [0.3, 0.4) is 0 Å². The summed E-state index contributed by atoms with van der Waals surface area (Å²) in [5, 5.41) is 12.6. The van der Waals surface area contributed by atoms with Crippen molar-refractivity contribution < 1.29 is 32.3 Å². The second kappa shape index (κ2) is 9.50. The monoisotopic (exact) mass is 521 g/mol. The number of pyridine rings is 1. The van der Waals surface area contributed by atoms with Gasteiger partial charge in [0.15, 0.2) is 17.2 Å². The van der Waals surface area contributed by atoms with Crippen LogP contribution < -0.4 is 10.4 Å². The van der Waals surface area contributed by atoms with E-state index in [9.17, 15) is 37.1 Å². The van der Waals surface area contributed by atoms with Gasteiger partial charge in [-0.3, -0.25) is 24.1 Å². The molecule has 37 heavy (non-hydrogen) atoms. The fraction of sp³-hybridized carbons (Fsp3) is 0.500. The van der Waals surface area contributed by atoms with Crippen LogP contribution in [0.25, 0.3) is 0 Å². The predicted octanol–water partition coefficient (Wildman–Crippen LogP) is 4.13. The van der Waals surface area contributed by atoms with Crippen LogP contribution in [0.2, 0.25) is 0 Å². The summed E-state index contributed by atoms with van der Waals surface area (Å²) in [5.41, 5.74) is -1.54. The number of halogens is 4. The van der Waals surface area contributed by atoms with Gasteiger partial charge in [-0.05, 0) is 50.2 Å². The van der Waals surface area contributed by atoms with Crippen LogP contribution >= 0.6 is 0 Å². The topological polar surface area (TPSA) is 82.8 Å². The molecular formula is C26H27F4N3O4. The first-order chi connectivity index (χ1) is 17.6. The average molecular weight is 522 g/mol. The Hall–Kier alpha value is -3.37. The van der Waals surface area contributed by atoms with Gasteiger partial charge < -0.3 is 10.0 Å². The lowest BCUT2D eigenvalue weighted by Crippen LogP contribution is -2.65. The van der Waals surface area contributed by atoms with Gasteiger partial charge in [0.1, 0.15) is 17.8 Å². The molecule has 198 valence electrons. The molecule has 1 aromatic carbocycles. The number of piperidine rings is 1. The Balaban J connectivity index is 1.47. The van der Waals surface area contributed by atoms with Gasteiger partial charge in [0.05, 0.1) is 5.56 Å². The predicted molar refractivity (Wildman–Crippen MR) is 125 cm³/mol. The Morgan fingerprint density at radius 1 is 1.08 bits per heavy atom. The molecule has 1 atom stereocenters. The number of benzene rings is 1. The van der Waals surface area contributed by atoms with Crippen molar-refractivity contribution in [3.05, 3.63) is 63.1 Å². The summed E-state index contributed by atoms with van der Waals surface area (Å²) in [7, 11) is 0. The van der Waals surface area contributed by atoms with E-state index in [0.717, 1.165) is 18.9 Å². The Labute approximate surface area is 210 Å². The van der Waals surface area contributed by atoms with E-state index in [1.165, 1.54) is 21.8 Å². The van der Waals surface area contributed by atoms with E-state index in [-0.39, 0.29) is 55.3 Å². The van der Waals surface area contributed by atoms with Crippen molar-refractivity contribution in [3.63, 3.8) is 0 Å². The highest BCUT2D eigenvalue weighted by atomic mass is 19.3. The number of Topliss-reactive ketones (excluding diaryl/α,β-unsaturated/α-hetero) is 1. The zero-order chi connectivity index (χ0) is 26.5. The number of hydrogen-bond donors (Lipinski definition) is 1. The third-order valence-corrected chi connectivity index (χ3v) is 7.66. The number of rotatable bonds is 5. The maximum Gasteiger partial charge on any atom is 0.278 e. The van der Waals surface area contributed by atoms with Crippen molar-refractivity contribution in [3.8, 4) is 5.75 Å². The Bertz CT molecular complexity index is 1300. The third kappa shape index (κ3) is 4.59. The second-order valence-electron chi connectivity index (χ2n) is 10.0. The van der Waals surface area contributed by atoms with Gasteiger partial charge in [-0.25, -0.2) is 17.6 Å². The highest BCUT2D eigenvalue weighted by Gasteiger charge is 2.47. The molecule has 3 aliphatic rings. The van der Waals surface area contributed by atoms with Crippen LogP contribution in [0.15, 0.2) is 29.2 Å². The largest absolute Gasteiger partial charge is 0.502 e. The minimum absolute atomic E-state index is 0.0851. The smallest absolute Gasteiger partial charge is 0.278 e. The fourth-order valence-electron chi connectivity index (χ4n) is 5.70. The highest BCUT2D eigenvalue weighted by Crippen LogP contribution is 2.39. The van der Waals surface area contributed by atoms with Crippen molar-refractivity contribution in [2.24, 2.45) is 0 Å². The molecule has 2 aromatic rings. The summed E-state index contributed by atoms with van der Waals surface area (Å²) >= 11 is 0. The zero-order valence-electron chi connectivity index (χ0n) is 20.1. The van der Waals surface area contributed by atoms with E-state index in [0.29, 0.717) is 19.0 Å². The quantitative estimate of drug-likeness (QED) is 0.473. The number of aryl methyl sites for hydroxylation is 1. The number of carbonyl (C=O) groups is 2. The minimum atomic E-state index is -2.77. The SMILES string of the molecule is O=C(CCc1ccc(F)cc1F)c1cn2c(c(O)c1=O)C(=O)N(C1CCC(F)(F)CC1)[C@@H]1CCCCN12. The molecule has 5 rings (SSSR count). The molecule has 0 spiro atoms. The maximum atomic E-state index is 14.0. The van der Waals surface area contributed by atoms with Crippen molar-refractivity contribution in [1.29, 1.82) is 0 Å². The van der Waals surface area contributed by atoms with Gasteiger partial charge in [-0.2, -0.15) is 0 Å². The van der Waals surface area contributed by atoms with Gasteiger partial charge in [0.2, 0.25) is 11.4 Å². The van der Waals surface area contributed by atoms with Crippen LogP contribution in [0, 0.1) is 11.6 Å². The molecule has 1 aliphatic carbocycles. The number of alkyl halides is 2. The summed E-state index contributed by atoms with van der Waals surface area (Å²) in [4.78, 5) is 41.1. The van der Waals surface area contributed by atoms with E-state index in [1.54, 1.807) is 5.01 Å². The summed E-state index contributed by atoms with van der Waals surface area (Å²) < 4.78 is 56.1. The lowest BCUT2D eigenvalue weighted by atomic mass is 9.89. The number of carbonyl (C=O) groups excluding carboxylic acids is 2. The molecule has 1 saturated carbocycles. The van der Waals surface area contributed by atoms with E-state index in [2.05, 4.69) is 0 Å². The molecule has 11 heteroatoms. The first-order valence-electron chi connectivity index (χ1n) is 12.5. The molecule has 3 heterocycles. The first kappa shape index (κ1) is 25.3.